The summed E-state index contributed by atoms with van der Waals surface area (Å²) in [5.74, 6) is -2.16. The molecule has 2 amide bonds. The van der Waals surface area contributed by atoms with Gasteiger partial charge in [-0.1, -0.05) is 67.2 Å². The van der Waals surface area contributed by atoms with Crippen LogP contribution in [0.15, 0.2) is 54.6 Å². The number of para-hydroxylation sites is 1. The molecule has 0 saturated heterocycles. The number of ether oxygens (including phenoxy) is 1. The Morgan fingerprint density at radius 2 is 1.79 bits per heavy atom. The third-order valence-corrected chi connectivity index (χ3v) is 7.04. The number of fused-ring (bicyclic) bond motifs is 1. The zero-order valence-corrected chi connectivity index (χ0v) is 20.5. The molecule has 0 fully saturated rings. The molecule has 0 unspecified atom stereocenters. The second kappa shape index (κ2) is 11.8. The highest BCUT2D eigenvalue weighted by Gasteiger charge is 2.36. The van der Waals surface area contributed by atoms with Crippen LogP contribution in [0.2, 0.25) is 0 Å². The van der Waals surface area contributed by atoms with Gasteiger partial charge in [0.25, 0.3) is 5.91 Å². The molecule has 34 heavy (non-hydrogen) atoms. The number of rotatable bonds is 8. The van der Waals surface area contributed by atoms with Crippen LogP contribution in [0.3, 0.4) is 0 Å². The molecule has 0 radical (unpaired) electrons. The molecule has 7 nitrogen and oxygen atoms in total. The van der Waals surface area contributed by atoms with Crippen LogP contribution >= 0.6 is 11.8 Å². The Labute approximate surface area is 204 Å². The van der Waals surface area contributed by atoms with Crippen LogP contribution in [0.5, 0.6) is 0 Å². The zero-order valence-electron chi connectivity index (χ0n) is 19.7. The summed E-state index contributed by atoms with van der Waals surface area (Å²) < 4.78 is 5.05. The molecule has 0 spiro atoms. The number of hydrazine groups is 1. The number of nitrogens with one attached hydrogen (secondary N) is 1. The Bertz CT molecular complexity index is 1040. The fourth-order valence-electron chi connectivity index (χ4n) is 4.09. The number of esters is 1. The molecule has 0 aromatic heterocycles. The summed E-state index contributed by atoms with van der Waals surface area (Å²) in [6.45, 7) is 5.26. The van der Waals surface area contributed by atoms with E-state index in [9.17, 15) is 19.2 Å². The predicted molar refractivity (Wildman–Crippen MR) is 132 cm³/mol. The number of benzene rings is 2. The van der Waals surface area contributed by atoms with Gasteiger partial charge in [-0.15, -0.1) is 0 Å². The summed E-state index contributed by atoms with van der Waals surface area (Å²) in [5, 5.41) is 0.317. The van der Waals surface area contributed by atoms with Gasteiger partial charge in [-0.3, -0.25) is 24.6 Å². The Morgan fingerprint density at radius 1 is 1.12 bits per heavy atom. The van der Waals surface area contributed by atoms with E-state index in [0.717, 1.165) is 22.9 Å². The van der Waals surface area contributed by atoms with Crippen molar-refractivity contribution in [2.24, 2.45) is 5.92 Å². The molecule has 180 valence electrons. The van der Waals surface area contributed by atoms with Crippen molar-refractivity contribution in [1.82, 2.24) is 5.43 Å². The van der Waals surface area contributed by atoms with Gasteiger partial charge in [-0.2, -0.15) is 0 Å². The van der Waals surface area contributed by atoms with Gasteiger partial charge in [0.2, 0.25) is 5.91 Å². The number of nitrogens with zero attached hydrogens (tertiary/aromatic N) is 1. The molecule has 0 bridgehead atoms. The van der Waals surface area contributed by atoms with Crippen LogP contribution in [0.1, 0.15) is 50.7 Å². The maximum atomic E-state index is 13.5. The average molecular weight is 483 g/mol. The van der Waals surface area contributed by atoms with Gasteiger partial charge in [0, 0.05) is 12.8 Å². The van der Waals surface area contributed by atoms with E-state index in [1.54, 1.807) is 19.1 Å². The van der Waals surface area contributed by atoms with Crippen LogP contribution in [0.4, 0.5) is 5.69 Å². The summed E-state index contributed by atoms with van der Waals surface area (Å²) in [6, 6.07) is 16.8. The lowest BCUT2D eigenvalue weighted by molar-refractivity contribution is -0.146. The number of amides is 2. The molecule has 8 heteroatoms. The molecule has 1 N–H and O–H groups in total. The topological polar surface area (TPSA) is 92.8 Å². The number of anilines is 1. The second-order valence-electron chi connectivity index (χ2n) is 8.25. The first-order valence-corrected chi connectivity index (χ1v) is 12.3. The van der Waals surface area contributed by atoms with Gasteiger partial charge in [-0.25, -0.2) is 5.01 Å². The van der Waals surface area contributed by atoms with Gasteiger partial charge < -0.3 is 4.74 Å². The summed E-state index contributed by atoms with van der Waals surface area (Å²) in [6.07, 6.45) is 0.997. The smallest absolute Gasteiger partial charge is 0.306 e. The van der Waals surface area contributed by atoms with Crippen LogP contribution in [0.25, 0.3) is 0 Å². The molecule has 3 rings (SSSR count). The Morgan fingerprint density at radius 3 is 2.47 bits per heavy atom. The predicted octanol–water partition coefficient (Wildman–Crippen LogP) is 4.02. The lowest BCUT2D eigenvalue weighted by Crippen LogP contribution is -2.52. The van der Waals surface area contributed by atoms with Crippen molar-refractivity contribution in [3.63, 3.8) is 0 Å². The third-order valence-electron chi connectivity index (χ3n) is 5.84. The zero-order chi connectivity index (χ0) is 24.7. The first-order valence-electron chi connectivity index (χ1n) is 11.4. The Kier molecular flexibility index (Phi) is 8.87. The molecule has 1 aliphatic heterocycles. The minimum Gasteiger partial charge on any atom is -0.466 e. The van der Waals surface area contributed by atoms with E-state index in [2.05, 4.69) is 5.43 Å². The third kappa shape index (κ3) is 6.26. The van der Waals surface area contributed by atoms with Crippen LogP contribution in [0, 0.1) is 5.92 Å². The van der Waals surface area contributed by atoms with Crippen molar-refractivity contribution < 1.29 is 23.9 Å². The maximum Gasteiger partial charge on any atom is 0.306 e. The maximum absolute atomic E-state index is 13.5. The quantitative estimate of drug-likeness (QED) is 0.572. The second-order valence-corrected chi connectivity index (χ2v) is 9.57. The highest BCUT2D eigenvalue weighted by molar-refractivity contribution is 8.14. The van der Waals surface area contributed by atoms with E-state index in [4.69, 9.17) is 4.74 Å². The van der Waals surface area contributed by atoms with Crippen molar-refractivity contribution in [3.8, 4) is 0 Å². The fraction of sp³-hybridized carbons (Fsp3) is 0.385. The van der Waals surface area contributed by atoms with E-state index in [1.165, 1.54) is 11.9 Å². The highest BCUT2D eigenvalue weighted by atomic mass is 32.2. The lowest BCUT2D eigenvalue weighted by Gasteiger charge is -2.29. The summed E-state index contributed by atoms with van der Waals surface area (Å²) in [7, 11) is 0. The number of hydrogen-bond donors (Lipinski definition) is 1. The van der Waals surface area contributed by atoms with Gasteiger partial charge in [0.15, 0.2) is 5.12 Å². The normalized spacial score (nSPS) is 17.2. The number of hydrogen-bond acceptors (Lipinski definition) is 6. The van der Waals surface area contributed by atoms with Gasteiger partial charge in [0.05, 0.1) is 29.9 Å². The minimum absolute atomic E-state index is 0.0565. The molecule has 2 aromatic carbocycles. The highest BCUT2D eigenvalue weighted by Crippen LogP contribution is 2.32. The molecular formula is C26H30N2O5S. The molecule has 3 atom stereocenters. The van der Waals surface area contributed by atoms with E-state index in [0.29, 0.717) is 18.5 Å². The monoisotopic (exact) mass is 482 g/mol. The van der Waals surface area contributed by atoms with Crippen molar-refractivity contribution in [2.45, 2.75) is 51.2 Å². The summed E-state index contributed by atoms with van der Waals surface area (Å²) >= 11 is 0.942. The van der Waals surface area contributed by atoms with Gasteiger partial charge in [0.1, 0.15) is 0 Å². The summed E-state index contributed by atoms with van der Waals surface area (Å²) in [5.41, 5.74) is 5.16. The number of carbonyl (C=O) groups is 4. The lowest BCUT2D eigenvalue weighted by atomic mass is 9.97. The minimum atomic E-state index is -0.744. The first-order chi connectivity index (χ1) is 16.3. The SMILES string of the molecule is CCOC(=O)C[C@@H]1CCc2ccccc2N(NC(=O)[C@@H](SC(C)=O)[C@@H](C)c2ccccc2)C1=O. The standard InChI is InChI=1S/C26H30N2O5S/c1-4-33-23(30)16-21-15-14-20-12-8-9-13-22(20)28(26(21)32)27-25(31)24(34-18(3)29)17(2)19-10-6-5-7-11-19/h5-13,17,21,24H,4,14-16H2,1-3H3,(H,27,31)/t17-,21-,24-/m0/s1. The first kappa shape index (κ1) is 25.5. The molecular weight excluding hydrogens is 452 g/mol. The molecule has 1 heterocycles. The van der Waals surface area contributed by atoms with Crippen molar-refractivity contribution >= 4 is 40.3 Å². The molecule has 0 saturated carbocycles. The fourth-order valence-corrected chi connectivity index (χ4v) is 4.97. The van der Waals surface area contributed by atoms with Crippen molar-refractivity contribution in [1.29, 1.82) is 0 Å². The van der Waals surface area contributed by atoms with Gasteiger partial charge >= 0.3 is 5.97 Å². The number of thioether (sulfide) groups is 1. The van der Waals surface area contributed by atoms with Crippen LogP contribution < -0.4 is 10.4 Å². The van der Waals surface area contributed by atoms with Crippen molar-refractivity contribution in [3.05, 3.63) is 65.7 Å². The van der Waals surface area contributed by atoms with Crippen molar-refractivity contribution in [2.75, 3.05) is 11.6 Å². The van der Waals surface area contributed by atoms with E-state index < -0.39 is 23.0 Å². The summed E-state index contributed by atoms with van der Waals surface area (Å²) in [4.78, 5) is 51.1. The number of carbonyl (C=O) groups excluding carboxylic acids is 4. The molecule has 1 aliphatic rings. The largest absolute Gasteiger partial charge is 0.466 e. The van der Waals surface area contributed by atoms with E-state index >= 15 is 0 Å². The van der Waals surface area contributed by atoms with Gasteiger partial charge in [-0.05, 0) is 37.0 Å². The van der Waals surface area contributed by atoms with E-state index in [-0.39, 0.29) is 30.0 Å². The average Bonchev–Trinajstić information content (AvgIpc) is 2.95. The van der Waals surface area contributed by atoms with Crippen LogP contribution in [-0.2, 0) is 30.3 Å². The van der Waals surface area contributed by atoms with E-state index in [1.807, 2.05) is 49.4 Å². The Balaban J connectivity index is 1.90. The number of aryl methyl sites for hydroxylation is 1. The molecule has 0 aliphatic carbocycles. The Hall–Kier alpha value is -3.13. The van der Waals surface area contributed by atoms with Crippen LogP contribution in [-0.4, -0.2) is 34.8 Å². The molecule has 2 aromatic rings.